The van der Waals surface area contributed by atoms with Crippen LogP contribution in [0.2, 0.25) is 0 Å². The Balaban J connectivity index is 1.85. The number of guanidine groups is 1. The quantitative estimate of drug-likeness (QED) is 0.527. The lowest BCUT2D eigenvalue weighted by molar-refractivity contribution is -0.127. The van der Waals surface area contributed by atoms with E-state index >= 15 is 0 Å². The molecule has 27 heavy (non-hydrogen) atoms. The number of ether oxygens (including phenoxy) is 2. The number of rotatable bonds is 8. The maximum Gasteiger partial charge on any atom is 0.243 e. The van der Waals surface area contributed by atoms with E-state index in [0.29, 0.717) is 24.8 Å². The standard InChI is InChI=1S/C19H29FN4O3/c1-14(27-16-8-6-15(20)7-9-16)11-21-19(23-13-18(25)24(2)3)22-12-17-5-4-10-26-17/h6-9,14,17H,4-5,10-13H2,1-3H3,(H2,21,22,23). The smallest absolute Gasteiger partial charge is 0.243 e. The molecule has 1 fully saturated rings. The summed E-state index contributed by atoms with van der Waals surface area (Å²) in [6.07, 6.45) is 2.07. The van der Waals surface area contributed by atoms with Crippen molar-refractivity contribution in [3.8, 4) is 5.75 Å². The molecular formula is C19H29FN4O3. The summed E-state index contributed by atoms with van der Waals surface area (Å²) in [6, 6.07) is 5.90. The second kappa shape index (κ2) is 10.7. The van der Waals surface area contributed by atoms with Crippen molar-refractivity contribution in [2.75, 3.05) is 40.3 Å². The lowest BCUT2D eigenvalue weighted by atomic mass is 10.2. The highest BCUT2D eigenvalue weighted by atomic mass is 19.1. The van der Waals surface area contributed by atoms with Gasteiger partial charge in [-0.2, -0.15) is 0 Å². The zero-order chi connectivity index (χ0) is 19.6. The van der Waals surface area contributed by atoms with E-state index in [1.165, 1.54) is 17.0 Å². The third kappa shape index (κ3) is 7.82. The third-order valence-corrected chi connectivity index (χ3v) is 4.10. The number of hydrogen-bond acceptors (Lipinski definition) is 4. The van der Waals surface area contributed by atoms with Gasteiger partial charge in [0.05, 0.1) is 12.6 Å². The van der Waals surface area contributed by atoms with E-state index in [4.69, 9.17) is 9.47 Å². The molecule has 0 aliphatic carbocycles. The normalized spacial score (nSPS) is 18.1. The van der Waals surface area contributed by atoms with Gasteiger partial charge >= 0.3 is 0 Å². The molecule has 2 rings (SSSR count). The van der Waals surface area contributed by atoms with Crippen LogP contribution in [-0.2, 0) is 9.53 Å². The molecule has 8 heteroatoms. The van der Waals surface area contributed by atoms with Crippen molar-refractivity contribution in [1.82, 2.24) is 15.5 Å². The molecule has 1 aromatic rings. The Morgan fingerprint density at radius 1 is 1.37 bits per heavy atom. The summed E-state index contributed by atoms with van der Waals surface area (Å²) in [6.45, 7) is 3.86. The van der Waals surface area contributed by atoms with Crippen molar-refractivity contribution in [3.63, 3.8) is 0 Å². The predicted octanol–water partition coefficient (Wildman–Crippen LogP) is 1.40. The number of hydrogen-bond donors (Lipinski definition) is 2. The molecule has 1 saturated heterocycles. The molecule has 2 N–H and O–H groups in total. The summed E-state index contributed by atoms with van der Waals surface area (Å²) < 4.78 is 24.3. The molecule has 2 atom stereocenters. The van der Waals surface area contributed by atoms with E-state index < -0.39 is 0 Å². The number of nitrogens with zero attached hydrogens (tertiary/aromatic N) is 2. The molecule has 150 valence electrons. The van der Waals surface area contributed by atoms with Crippen LogP contribution in [-0.4, -0.2) is 69.3 Å². The molecule has 0 bridgehead atoms. The Hall–Kier alpha value is -2.35. The average molecular weight is 380 g/mol. The fraction of sp³-hybridized carbons (Fsp3) is 0.579. The van der Waals surface area contributed by atoms with Crippen molar-refractivity contribution in [2.45, 2.75) is 32.0 Å². The van der Waals surface area contributed by atoms with Crippen molar-refractivity contribution in [3.05, 3.63) is 30.1 Å². The van der Waals surface area contributed by atoms with Crippen LogP contribution in [0.25, 0.3) is 0 Å². The number of halogens is 1. The molecule has 0 spiro atoms. The second-order valence-electron chi connectivity index (χ2n) is 6.73. The van der Waals surface area contributed by atoms with E-state index in [9.17, 15) is 9.18 Å². The first-order valence-corrected chi connectivity index (χ1v) is 9.20. The van der Waals surface area contributed by atoms with Crippen LogP contribution < -0.4 is 15.4 Å². The average Bonchev–Trinajstić information content (AvgIpc) is 3.16. The summed E-state index contributed by atoms with van der Waals surface area (Å²) in [5.74, 6) is 0.754. The van der Waals surface area contributed by atoms with Gasteiger partial charge in [0.25, 0.3) is 0 Å². The molecule has 0 aromatic heterocycles. The number of likely N-dealkylation sites (N-methyl/N-ethyl adjacent to an activating group) is 1. The third-order valence-electron chi connectivity index (χ3n) is 4.10. The number of nitrogens with one attached hydrogen (secondary N) is 2. The largest absolute Gasteiger partial charge is 0.489 e. The number of carbonyl (C=O) groups is 1. The zero-order valence-electron chi connectivity index (χ0n) is 16.2. The maximum absolute atomic E-state index is 13.0. The van der Waals surface area contributed by atoms with E-state index in [2.05, 4.69) is 15.6 Å². The number of aliphatic imine (C=N–C) groups is 1. The first-order chi connectivity index (χ1) is 12.9. The second-order valence-corrected chi connectivity index (χ2v) is 6.73. The van der Waals surface area contributed by atoms with Gasteiger partial charge in [-0.05, 0) is 44.0 Å². The fourth-order valence-corrected chi connectivity index (χ4v) is 2.51. The Bertz CT molecular complexity index is 616. The maximum atomic E-state index is 13.0. The molecule has 2 unspecified atom stereocenters. The summed E-state index contributed by atoms with van der Waals surface area (Å²) in [5, 5.41) is 6.40. The first kappa shape index (κ1) is 21.0. The van der Waals surface area contributed by atoms with E-state index in [1.54, 1.807) is 26.2 Å². The SMILES string of the molecule is CC(CNC(=NCC(=O)N(C)C)NCC1CCCO1)Oc1ccc(F)cc1. The fourth-order valence-electron chi connectivity index (χ4n) is 2.51. The Morgan fingerprint density at radius 3 is 2.74 bits per heavy atom. The van der Waals surface area contributed by atoms with E-state index in [0.717, 1.165) is 19.4 Å². The highest BCUT2D eigenvalue weighted by Gasteiger charge is 2.16. The lowest BCUT2D eigenvalue weighted by Crippen LogP contribution is -2.44. The minimum atomic E-state index is -0.300. The van der Waals surface area contributed by atoms with Gasteiger partial charge < -0.3 is 25.0 Å². The predicted molar refractivity (Wildman–Crippen MR) is 102 cm³/mol. The highest BCUT2D eigenvalue weighted by Crippen LogP contribution is 2.13. The summed E-state index contributed by atoms with van der Waals surface area (Å²) >= 11 is 0. The molecule has 1 aromatic carbocycles. The van der Waals surface area contributed by atoms with Crippen molar-refractivity contribution in [1.29, 1.82) is 0 Å². The van der Waals surface area contributed by atoms with Crippen LogP contribution in [0.4, 0.5) is 4.39 Å². The molecule has 1 aliphatic rings. The van der Waals surface area contributed by atoms with Crippen LogP contribution in [0.15, 0.2) is 29.3 Å². The minimum Gasteiger partial charge on any atom is -0.489 e. The van der Waals surface area contributed by atoms with Crippen molar-refractivity contribution >= 4 is 11.9 Å². The molecule has 1 aliphatic heterocycles. The van der Waals surface area contributed by atoms with Crippen LogP contribution in [0.3, 0.4) is 0 Å². The summed E-state index contributed by atoms with van der Waals surface area (Å²) in [7, 11) is 3.40. The van der Waals surface area contributed by atoms with Crippen molar-refractivity contribution in [2.24, 2.45) is 4.99 Å². The number of benzene rings is 1. The zero-order valence-corrected chi connectivity index (χ0v) is 16.2. The molecular weight excluding hydrogens is 351 g/mol. The van der Waals surface area contributed by atoms with E-state index in [1.807, 2.05) is 6.92 Å². The lowest BCUT2D eigenvalue weighted by Gasteiger charge is -2.19. The van der Waals surface area contributed by atoms with Crippen LogP contribution >= 0.6 is 0 Å². The molecule has 0 radical (unpaired) electrons. The van der Waals surface area contributed by atoms with Gasteiger partial charge in [-0.3, -0.25) is 4.79 Å². The monoisotopic (exact) mass is 380 g/mol. The summed E-state index contributed by atoms with van der Waals surface area (Å²) in [5.41, 5.74) is 0. The minimum absolute atomic E-state index is 0.0566. The van der Waals surface area contributed by atoms with Gasteiger partial charge in [0.1, 0.15) is 24.2 Å². The van der Waals surface area contributed by atoms with Gasteiger partial charge in [-0.25, -0.2) is 9.38 Å². The van der Waals surface area contributed by atoms with Gasteiger partial charge in [-0.1, -0.05) is 0 Å². The van der Waals surface area contributed by atoms with Crippen LogP contribution in [0, 0.1) is 5.82 Å². The molecule has 7 nitrogen and oxygen atoms in total. The molecule has 1 heterocycles. The molecule has 0 saturated carbocycles. The van der Waals surface area contributed by atoms with Gasteiger partial charge in [0.2, 0.25) is 5.91 Å². The van der Waals surface area contributed by atoms with Crippen molar-refractivity contribution < 1.29 is 18.7 Å². The Morgan fingerprint density at radius 2 is 2.11 bits per heavy atom. The summed E-state index contributed by atoms with van der Waals surface area (Å²) in [4.78, 5) is 17.6. The van der Waals surface area contributed by atoms with Gasteiger partial charge in [0, 0.05) is 27.2 Å². The Labute approximate surface area is 159 Å². The number of carbonyl (C=O) groups excluding carboxylic acids is 1. The van der Waals surface area contributed by atoms with Crippen LogP contribution in [0.1, 0.15) is 19.8 Å². The number of amides is 1. The highest BCUT2D eigenvalue weighted by molar-refractivity contribution is 5.84. The van der Waals surface area contributed by atoms with Gasteiger partial charge in [0.15, 0.2) is 5.96 Å². The van der Waals surface area contributed by atoms with Gasteiger partial charge in [-0.15, -0.1) is 0 Å². The first-order valence-electron chi connectivity index (χ1n) is 9.20. The molecule has 1 amide bonds. The topological polar surface area (TPSA) is 75.2 Å². The van der Waals surface area contributed by atoms with E-state index in [-0.39, 0.29) is 30.5 Å². The Kier molecular flexibility index (Phi) is 8.32. The van der Waals surface area contributed by atoms with Crippen LogP contribution in [0.5, 0.6) is 5.75 Å².